The highest BCUT2D eigenvalue weighted by Crippen LogP contribution is 2.44. The Balaban J connectivity index is 0.000000319. The van der Waals surface area contributed by atoms with E-state index in [4.69, 9.17) is 9.47 Å². The summed E-state index contributed by atoms with van der Waals surface area (Å²) < 4.78 is 10.4. The summed E-state index contributed by atoms with van der Waals surface area (Å²) in [7, 11) is 1.63. The molecule has 2 aromatic rings. The number of nitriles is 1. The van der Waals surface area contributed by atoms with Gasteiger partial charge in [-0.05, 0) is 92.2 Å². The van der Waals surface area contributed by atoms with Gasteiger partial charge in [-0.1, -0.05) is 52.5 Å². The predicted molar refractivity (Wildman–Crippen MR) is 165 cm³/mol. The molecule has 2 saturated carbocycles. The van der Waals surface area contributed by atoms with Crippen LogP contribution in [0.2, 0.25) is 0 Å². The van der Waals surface area contributed by atoms with Gasteiger partial charge < -0.3 is 9.47 Å². The lowest BCUT2D eigenvalue weighted by Gasteiger charge is -2.11. The number of thiazole rings is 1. The van der Waals surface area contributed by atoms with E-state index in [1.165, 1.54) is 34.4 Å². The second kappa shape index (κ2) is 14.3. The van der Waals surface area contributed by atoms with E-state index in [0.717, 1.165) is 47.4 Å². The quantitative estimate of drug-likeness (QED) is 0.340. The maximum atomic E-state index is 9.50. The molecule has 5 heteroatoms. The number of methoxy groups -OCH3 is 1. The zero-order valence-electron chi connectivity index (χ0n) is 24.7. The molecule has 1 aromatic heterocycles. The van der Waals surface area contributed by atoms with Crippen molar-refractivity contribution in [3.8, 4) is 22.4 Å². The Bertz CT molecular complexity index is 1260. The van der Waals surface area contributed by atoms with E-state index in [9.17, 15) is 5.26 Å². The summed E-state index contributed by atoms with van der Waals surface area (Å²) in [5, 5.41) is 10.4. The Hall–Kier alpha value is -3.10. The van der Waals surface area contributed by atoms with Crippen LogP contribution in [0.3, 0.4) is 0 Å². The van der Waals surface area contributed by atoms with Crippen LogP contribution in [-0.4, -0.2) is 18.2 Å². The lowest BCUT2D eigenvalue weighted by molar-refractivity contribution is 0.242. The Morgan fingerprint density at radius 2 is 1.95 bits per heavy atom. The highest BCUT2D eigenvalue weighted by Gasteiger charge is 2.27. The zero-order chi connectivity index (χ0) is 28.5. The molecule has 0 N–H and O–H groups in total. The maximum absolute atomic E-state index is 9.50. The van der Waals surface area contributed by atoms with Crippen molar-refractivity contribution in [3.05, 3.63) is 76.5 Å². The summed E-state index contributed by atoms with van der Waals surface area (Å²) in [6, 6.07) is 8.00. The molecule has 0 bridgehead atoms. The Morgan fingerprint density at radius 3 is 2.51 bits per heavy atom. The standard InChI is InChI=1S/C24H24N2OS.C5H10O.C5H10/c1-15(2)27-22-11-9-17(12-18(22)13-25)24-26-14-23(28-24)21-7-5-4-6-19-16(3)8-10-20(19)21;1-4-5(2)6-3;1-4-3-5(4)2/h5-7,9,11-12,14-16H,4,8,10H2,1-3H3;2,4H2,1,3H3;4-5H,3H2,1-2H3/t;;4-,5?/m..0/s1. The van der Waals surface area contributed by atoms with Crippen LogP contribution in [0, 0.1) is 29.1 Å². The van der Waals surface area contributed by atoms with Crippen LogP contribution >= 0.6 is 11.3 Å². The molecule has 39 heavy (non-hydrogen) atoms. The molecule has 3 aliphatic rings. The SMILES string of the molecule is C=C(CC)OC.CC(C)Oc1ccc(-c2ncc(C3=C4CCC(C)C4=CCC=C3)s2)cc1C#N.CC1C[C@@H]1C. The smallest absolute Gasteiger partial charge is 0.137 e. The number of allylic oxidation sites excluding steroid dienone is 7. The van der Waals surface area contributed by atoms with Crippen LogP contribution < -0.4 is 4.74 Å². The van der Waals surface area contributed by atoms with Crippen LogP contribution in [0.1, 0.15) is 84.1 Å². The highest BCUT2D eigenvalue weighted by atomic mass is 32.1. The predicted octanol–water partition coefficient (Wildman–Crippen LogP) is 9.76. The van der Waals surface area contributed by atoms with Gasteiger partial charge in [0.25, 0.3) is 0 Å². The Labute approximate surface area is 239 Å². The van der Waals surface area contributed by atoms with Crippen LogP contribution in [0.15, 0.2) is 66.1 Å². The van der Waals surface area contributed by atoms with E-state index in [0.29, 0.717) is 17.2 Å². The molecular weight excluding hydrogens is 500 g/mol. The molecule has 0 saturated heterocycles. The van der Waals surface area contributed by atoms with Crippen molar-refractivity contribution in [1.82, 2.24) is 4.98 Å². The van der Waals surface area contributed by atoms with Gasteiger partial charge >= 0.3 is 0 Å². The van der Waals surface area contributed by atoms with E-state index in [-0.39, 0.29) is 6.10 Å². The third-order valence-electron chi connectivity index (χ3n) is 7.47. The molecule has 2 unspecified atom stereocenters. The number of hydrogen-bond acceptors (Lipinski definition) is 5. The van der Waals surface area contributed by atoms with E-state index in [1.807, 2.05) is 45.2 Å². The fraction of sp³-hybridized carbons (Fsp3) is 0.471. The first kappa shape index (κ1) is 30.4. The van der Waals surface area contributed by atoms with Crippen molar-refractivity contribution < 1.29 is 9.47 Å². The van der Waals surface area contributed by atoms with Crippen molar-refractivity contribution in [2.24, 2.45) is 17.8 Å². The van der Waals surface area contributed by atoms with Gasteiger partial charge in [0, 0.05) is 18.2 Å². The minimum Gasteiger partial charge on any atom is -0.502 e. The molecule has 1 aromatic carbocycles. The minimum absolute atomic E-state index is 0.0379. The molecule has 2 fully saturated rings. The largest absolute Gasteiger partial charge is 0.502 e. The van der Waals surface area contributed by atoms with Gasteiger partial charge in [0.2, 0.25) is 0 Å². The molecule has 4 nitrogen and oxygen atoms in total. The third kappa shape index (κ3) is 8.44. The summed E-state index contributed by atoms with van der Waals surface area (Å²) in [5.41, 5.74) is 5.82. The fourth-order valence-corrected chi connectivity index (χ4v) is 5.54. The van der Waals surface area contributed by atoms with Gasteiger partial charge in [-0.25, -0.2) is 4.98 Å². The first-order valence-corrected chi connectivity index (χ1v) is 15.0. The number of nitrogens with zero attached hydrogens (tertiary/aromatic N) is 2. The zero-order valence-corrected chi connectivity index (χ0v) is 25.5. The van der Waals surface area contributed by atoms with Crippen molar-refractivity contribution in [3.63, 3.8) is 0 Å². The molecule has 5 rings (SSSR count). The number of fused-ring (bicyclic) bond motifs is 1. The Morgan fingerprint density at radius 1 is 1.23 bits per heavy atom. The molecule has 3 aliphatic carbocycles. The second-order valence-corrected chi connectivity index (χ2v) is 12.0. The maximum Gasteiger partial charge on any atom is 0.137 e. The van der Waals surface area contributed by atoms with Crippen LogP contribution in [-0.2, 0) is 4.74 Å². The van der Waals surface area contributed by atoms with Gasteiger partial charge in [-0.15, -0.1) is 11.3 Å². The Kier molecular flexibility index (Phi) is 11.2. The normalized spacial score (nSPS) is 20.9. The monoisotopic (exact) mass is 544 g/mol. The van der Waals surface area contributed by atoms with Crippen molar-refractivity contribution in [1.29, 1.82) is 5.26 Å². The van der Waals surface area contributed by atoms with Gasteiger partial charge in [0.1, 0.15) is 16.8 Å². The van der Waals surface area contributed by atoms with Crippen LogP contribution in [0.4, 0.5) is 0 Å². The van der Waals surface area contributed by atoms with Crippen molar-refractivity contribution in [2.45, 2.75) is 79.8 Å². The summed E-state index contributed by atoms with van der Waals surface area (Å²) in [5.74, 6) is 4.22. The average Bonchev–Trinajstić information content (AvgIpc) is 3.25. The van der Waals surface area contributed by atoms with E-state index in [1.54, 1.807) is 18.4 Å². The van der Waals surface area contributed by atoms with Crippen molar-refractivity contribution >= 4 is 16.9 Å². The van der Waals surface area contributed by atoms with E-state index >= 15 is 0 Å². The van der Waals surface area contributed by atoms with Gasteiger partial charge in [0.15, 0.2) is 0 Å². The number of hydrogen-bond donors (Lipinski definition) is 0. The molecule has 0 aliphatic heterocycles. The van der Waals surface area contributed by atoms with Gasteiger partial charge in [-0.3, -0.25) is 0 Å². The topological polar surface area (TPSA) is 55.1 Å². The first-order valence-electron chi connectivity index (χ1n) is 14.2. The summed E-state index contributed by atoms with van der Waals surface area (Å²) in [4.78, 5) is 5.87. The number of benzene rings is 1. The fourth-order valence-electron chi connectivity index (χ4n) is 4.58. The van der Waals surface area contributed by atoms with Gasteiger partial charge in [-0.2, -0.15) is 5.26 Å². The molecule has 0 radical (unpaired) electrons. The molecule has 1 heterocycles. The summed E-state index contributed by atoms with van der Waals surface area (Å²) in [6.45, 7) is 16.4. The van der Waals surface area contributed by atoms with Crippen LogP contribution in [0.25, 0.3) is 16.1 Å². The summed E-state index contributed by atoms with van der Waals surface area (Å²) in [6.07, 6.45) is 14.6. The highest BCUT2D eigenvalue weighted by molar-refractivity contribution is 7.16. The minimum atomic E-state index is 0.0379. The van der Waals surface area contributed by atoms with Gasteiger partial charge in [0.05, 0.1) is 29.4 Å². The van der Waals surface area contributed by atoms with Crippen molar-refractivity contribution in [2.75, 3.05) is 7.11 Å². The number of aromatic nitrogens is 1. The molecule has 3 atom stereocenters. The second-order valence-electron chi connectivity index (χ2n) is 10.9. The lowest BCUT2D eigenvalue weighted by atomic mass is 9.99. The molecule has 208 valence electrons. The number of ether oxygens (including phenoxy) is 2. The van der Waals surface area contributed by atoms with E-state index in [2.05, 4.69) is 56.6 Å². The summed E-state index contributed by atoms with van der Waals surface area (Å²) >= 11 is 1.69. The third-order valence-corrected chi connectivity index (χ3v) is 8.55. The van der Waals surface area contributed by atoms with Crippen LogP contribution in [0.5, 0.6) is 5.75 Å². The number of rotatable bonds is 6. The molecule has 0 amide bonds. The average molecular weight is 545 g/mol. The molecular formula is C34H44N2O2S. The van der Waals surface area contributed by atoms with E-state index < -0.39 is 0 Å². The lowest BCUT2D eigenvalue weighted by Crippen LogP contribution is -2.06. The first-order chi connectivity index (χ1) is 18.7. The molecule has 0 spiro atoms.